The van der Waals surface area contributed by atoms with E-state index in [1.54, 1.807) is 0 Å². The Morgan fingerprint density at radius 2 is 0.656 bits per heavy atom. The van der Waals surface area contributed by atoms with Crippen LogP contribution in [0.25, 0.3) is 0 Å². The molecule has 0 N–H and O–H groups in total. The van der Waals surface area contributed by atoms with E-state index >= 15 is 0 Å². The van der Waals surface area contributed by atoms with Gasteiger partial charge in [-0.25, -0.2) is 13.7 Å². The quantitative estimate of drug-likeness (QED) is 0.147. The summed E-state index contributed by atoms with van der Waals surface area (Å²) in [4.78, 5) is 58.2. The van der Waals surface area contributed by atoms with E-state index in [-0.39, 0.29) is 48.1 Å². The fraction of sp³-hybridized carbons (Fsp3) is 0. The molecule has 32 heavy (non-hydrogen) atoms. The number of rotatable bonds is 6. The van der Waals surface area contributed by atoms with Gasteiger partial charge in [-0.3, -0.25) is 12.9 Å². The molecule has 0 unspecified atom stereocenters. The van der Waals surface area contributed by atoms with Crippen LogP contribution in [0.15, 0.2) is 0 Å². The Bertz CT molecular complexity index is 731. The minimum absolute atomic E-state index is 0. The zero-order valence-corrected chi connectivity index (χ0v) is 22.7. The van der Waals surface area contributed by atoms with Crippen molar-refractivity contribution in [3.05, 3.63) is 0 Å². The van der Waals surface area contributed by atoms with Gasteiger partial charge in [0.05, 0.1) is 23.5 Å². The van der Waals surface area contributed by atoms with Gasteiger partial charge in [-0.1, -0.05) is 28.0 Å². The largest absolute Gasteiger partial charge is 1.00 e. The maximum Gasteiger partial charge on any atom is 1.00 e. The molecule has 32 heteroatoms. The molecule has 0 atom stereocenters. The average molecular weight is 644 g/mol. The normalized spacial score (nSPS) is 22.3. The Morgan fingerprint density at radius 3 is 0.688 bits per heavy atom. The monoisotopic (exact) mass is 644 g/mol. The molecule has 1 radical (unpaired) electrons. The second-order valence-corrected chi connectivity index (χ2v) is 11.8. The molecule has 0 aromatic rings. The Hall–Kier alpha value is 2.24. The molecule has 3 rings (SSSR count). The van der Waals surface area contributed by atoms with Gasteiger partial charge in [-0.15, -0.1) is 0 Å². The van der Waals surface area contributed by atoms with Gasteiger partial charge in [0.25, 0.3) is 0 Å². The van der Waals surface area contributed by atoms with E-state index in [0.29, 0.717) is 0 Å². The molecule has 0 spiro atoms. The van der Waals surface area contributed by atoms with Crippen molar-refractivity contribution in [2.24, 2.45) is 0 Å². The second-order valence-electron chi connectivity index (χ2n) is 3.58. The molecule has 3 heterocycles. The maximum atomic E-state index is 10.3. The molecule has 0 amide bonds. The summed E-state index contributed by atoms with van der Waals surface area (Å²) in [6, 6.07) is 0. The predicted molar refractivity (Wildman–Crippen MR) is 58.7 cm³/mol. The van der Waals surface area contributed by atoms with Crippen molar-refractivity contribution in [3.8, 4) is 0 Å². The zero-order valence-electron chi connectivity index (χ0n) is 13.9. The van der Waals surface area contributed by atoms with Crippen LogP contribution in [-0.4, -0.2) is 0 Å². The summed E-state index contributed by atoms with van der Waals surface area (Å²) < 4.78 is 91.1. The standard InChI is InChI=1S/Na.3H2O8P2.V/c;3*1-9(2,3)8-10(4)6-5-7-10;/h;3*(H2,1,2,3);/q+1;;;;/p-6. The SMILES string of the molecule is O=P([O-])([O-])OP1(=O)OOO1.O=P([O-])([O-])OP1(=O)OOO1.O=P([O-])([O-])OP1(=O)OOO1.[Na+].[V]. The van der Waals surface area contributed by atoms with E-state index in [0.717, 1.165) is 0 Å². The van der Waals surface area contributed by atoms with Crippen molar-refractivity contribution < 1.29 is 161 Å². The summed E-state index contributed by atoms with van der Waals surface area (Å²) in [5, 5.41) is 10.2. The van der Waals surface area contributed by atoms with Crippen molar-refractivity contribution in [2.75, 3.05) is 0 Å². The van der Waals surface area contributed by atoms with Gasteiger partial charge in [0, 0.05) is 18.6 Å². The molecular weight excluding hydrogens is 644 g/mol. The number of hydrogen-bond acceptors (Lipinski definition) is 24. The van der Waals surface area contributed by atoms with Gasteiger partial charge >= 0.3 is 53.0 Å². The van der Waals surface area contributed by atoms with Gasteiger partial charge in [0.2, 0.25) is 0 Å². The number of hydrogen-bond donors (Lipinski definition) is 0. The molecule has 0 aliphatic carbocycles. The third-order valence-electron chi connectivity index (χ3n) is 1.33. The first-order chi connectivity index (χ1) is 13.2. The van der Waals surface area contributed by atoms with Crippen LogP contribution in [0.1, 0.15) is 0 Å². The fourth-order valence-electron chi connectivity index (χ4n) is 0.689. The molecule has 3 saturated heterocycles. The molecule has 0 saturated carbocycles. The van der Waals surface area contributed by atoms with Crippen molar-refractivity contribution in [3.63, 3.8) is 0 Å². The van der Waals surface area contributed by atoms with Crippen LogP contribution >= 0.6 is 46.9 Å². The predicted octanol–water partition coefficient (Wildman–Crippen LogP) is -6.50. The third-order valence-corrected chi connectivity index (χ3v) is 7.59. The van der Waals surface area contributed by atoms with E-state index in [1.807, 2.05) is 0 Å². The van der Waals surface area contributed by atoms with Crippen LogP contribution in [-0.2, 0) is 102 Å². The molecule has 0 aromatic carbocycles. The molecule has 3 aliphatic heterocycles. The Morgan fingerprint density at radius 1 is 0.500 bits per heavy atom. The van der Waals surface area contributed by atoms with E-state index in [9.17, 15) is 56.8 Å². The summed E-state index contributed by atoms with van der Waals surface area (Å²) in [5.74, 6) is 0. The molecular formula is NaO24P6V-5. The van der Waals surface area contributed by atoms with E-state index in [2.05, 4.69) is 56.1 Å². The Balaban J connectivity index is 0. The smallest absolute Gasteiger partial charge is 0.789 e. The molecule has 3 fully saturated rings. The van der Waals surface area contributed by atoms with Crippen molar-refractivity contribution >= 4 is 46.9 Å². The molecule has 3 aliphatic rings. The summed E-state index contributed by atoms with van der Waals surface area (Å²) in [6.07, 6.45) is 0. The van der Waals surface area contributed by atoms with Crippen LogP contribution in [0.2, 0.25) is 0 Å². The average Bonchev–Trinajstić information content (AvgIpc) is 2.38. The fourth-order valence-corrected chi connectivity index (χ4v) is 4.76. The Kier molecular flexibility index (Phi) is 15.6. The van der Waals surface area contributed by atoms with Gasteiger partial charge in [0.1, 0.15) is 0 Å². The first kappa shape index (κ1) is 36.4. The van der Waals surface area contributed by atoms with Gasteiger partial charge in [-0.05, 0) is 15.1 Å². The van der Waals surface area contributed by atoms with Crippen LogP contribution in [0.5, 0.6) is 0 Å². The number of phosphoric acid groups is 6. The summed E-state index contributed by atoms with van der Waals surface area (Å²) in [6.45, 7) is 0. The first-order valence-electron chi connectivity index (χ1n) is 5.38. The molecule has 0 aromatic heterocycles. The van der Waals surface area contributed by atoms with Crippen LogP contribution in [0.4, 0.5) is 0 Å². The summed E-state index contributed by atoms with van der Waals surface area (Å²) >= 11 is 0. The van der Waals surface area contributed by atoms with E-state index < -0.39 is 46.9 Å². The van der Waals surface area contributed by atoms with Crippen LogP contribution in [0.3, 0.4) is 0 Å². The zero-order chi connectivity index (χ0) is 23.5. The molecule has 185 valence electrons. The van der Waals surface area contributed by atoms with E-state index in [4.69, 9.17) is 0 Å². The first-order valence-corrected chi connectivity index (χ1v) is 14.1. The summed E-state index contributed by atoms with van der Waals surface area (Å²) in [7, 11) is -28.7. The van der Waals surface area contributed by atoms with Crippen LogP contribution < -0.4 is 58.9 Å². The Labute approximate surface area is 207 Å². The minimum Gasteiger partial charge on any atom is -0.789 e. The van der Waals surface area contributed by atoms with Crippen molar-refractivity contribution in [1.29, 1.82) is 0 Å². The molecule has 0 bridgehead atoms. The van der Waals surface area contributed by atoms with Gasteiger partial charge in [-0.2, -0.15) is 0 Å². The molecule has 24 nitrogen and oxygen atoms in total. The minimum atomic E-state index is -5.35. The van der Waals surface area contributed by atoms with E-state index in [1.165, 1.54) is 0 Å². The van der Waals surface area contributed by atoms with Crippen LogP contribution in [0, 0.1) is 0 Å². The van der Waals surface area contributed by atoms with Crippen molar-refractivity contribution in [1.82, 2.24) is 0 Å². The van der Waals surface area contributed by atoms with Gasteiger partial charge in [0.15, 0.2) is 0 Å². The van der Waals surface area contributed by atoms with Gasteiger partial charge < -0.3 is 43.1 Å². The second kappa shape index (κ2) is 13.7. The van der Waals surface area contributed by atoms with Crippen molar-refractivity contribution in [2.45, 2.75) is 0 Å². The third kappa shape index (κ3) is 16.1. The topological polar surface area (TPSA) is 352 Å². The summed E-state index contributed by atoms with van der Waals surface area (Å²) in [5.41, 5.74) is 0. The maximum absolute atomic E-state index is 10.3.